The van der Waals surface area contributed by atoms with E-state index >= 15 is 0 Å². The second kappa shape index (κ2) is 4.97. The highest BCUT2D eigenvalue weighted by molar-refractivity contribution is 5.61. The van der Waals surface area contributed by atoms with Gasteiger partial charge in [-0.1, -0.05) is 36.4 Å². The molecule has 0 aliphatic rings. The van der Waals surface area contributed by atoms with Gasteiger partial charge in [-0.05, 0) is 10.8 Å². The van der Waals surface area contributed by atoms with Crippen molar-refractivity contribution in [3.05, 3.63) is 35.9 Å². The molecule has 0 aliphatic carbocycles. The third-order valence-corrected chi connectivity index (χ3v) is 2.06. The molecule has 0 fully saturated rings. The first-order valence-electron chi connectivity index (χ1n) is 4.84. The number of tetrazole rings is 1. The molecule has 2 rings (SSSR count). The van der Waals surface area contributed by atoms with E-state index in [1.54, 1.807) is 0 Å². The van der Waals surface area contributed by atoms with E-state index in [1.807, 2.05) is 36.4 Å². The van der Waals surface area contributed by atoms with Crippen LogP contribution in [0.2, 0.25) is 0 Å². The second-order valence-electron chi connectivity index (χ2n) is 3.16. The fourth-order valence-corrected chi connectivity index (χ4v) is 1.29. The molecule has 0 atom stereocenters. The molecule has 80 valence electrons. The number of allylic oxidation sites excluding steroid dienone is 1. The summed E-state index contributed by atoms with van der Waals surface area (Å²) >= 11 is 0. The van der Waals surface area contributed by atoms with E-state index in [2.05, 4.69) is 20.6 Å². The molecule has 0 amide bonds. The van der Waals surface area contributed by atoms with Gasteiger partial charge in [0.25, 0.3) is 0 Å². The molecule has 1 aromatic heterocycles. The van der Waals surface area contributed by atoms with E-state index in [1.165, 1.54) is 0 Å². The minimum absolute atomic E-state index is 0.437. The SMILES string of the molecule is O=CCC=Cc1ccc(-c2nn[nH]n2)cc1. The normalized spacial score (nSPS) is 10.8. The standard InChI is InChI=1S/C11H10N4O/c16-8-2-1-3-9-4-6-10(7-5-9)11-12-14-15-13-11/h1,3-8H,2H2,(H,12,13,14,15). The largest absolute Gasteiger partial charge is 0.303 e. The molecule has 1 aromatic carbocycles. The van der Waals surface area contributed by atoms with Crippen molar-refractivity contribution in [2.24, 2.45) is 0 Å². The highest BCUT2D eigenvalue weighted by atomic mass is 16.1. The number of H-pyrrole nitrogens is 1. The lowest BCUT2D eigenvalue weighted by molar-refractivity contribution is -0.107. The number of rotatable bonds is 4. The summed E-state index contributed by atoms with van der Waals surface area (Å²) in [6, 6.07) is 7.69. The molecule has 1 N–H and O–H groups in total. The van der Waals surface area contributed by atoms with Crippen LogP contribution >= 0.6 is 0 Å². The third-order valence-electron chi connectivity index (χ3n) is 2.06. The number of nitrogens with one attached hydrogen (secondary N) is 1. The van der Waals surface area contributed by atoms with Gasteiger partial charge in [0.1, 0.15) is 6.29 Å². The van der Waals surface area contributed by atoms with Crippen molar-refractivity contribution in [1.29, 1.82) is 0 Å². The van der Waals surface area contributed by atoms with Gasteiger partial charge in [-0.25, -0.2) is 0 Å². The fraction of sp³-hybridized carbons (Fsp3) is 0.0909. The van der Waals surface area contributed by atoms with E-state index in [0.717, 1.165) is 17.4 Å². The van der Waals surface area contributed by atoms with Crippen molar-refractivity contribution in [3.63, 3.8) is 0 Å². The van der Waals surface area contributed by atoms with Crippen LogP contribution in [-0.2, 0) is 4.79 Å². The molecule has 5 nitrogen and oxygen atoms in total. The summed E-state index contributed by atoms with van der Waals surface area (Å²) in [7, 11) is 0. The van der Waals surface area contributed by atoms with Gasteiger partial charge in [0.15, 0.2) is 0 Å². The molecule has 1 heterocycles. The predicted molar refractivity (Wildman–Crippen MR) is 59.3 cm³/mol. The summed E-state index contributed by atoms with van der Waals surface area (Å²) in [6.45, 7) is 0. The van der Waals surface area contributed by atoms with Crippen molar-refractivity contribution in [3.8, 4) is 11.4 Å². The van der Waals surface area contributed by atoms with Crippen molar-refractivity contribution in [2.75, 3.05) is 0 Å². The topological polar surface area (TPSA) is 71.5 Å². The number of benzene rings is 1. The Morgan fingerprint density at radius 1 is 1.25 bits per heavy atom. The van der Waals surface area contributed by atoms with Crippen LogP contribution < -0.4 is 0 Å². The van der Waals surface area contributed by atoms with Gasteiger partial charge >= 0.3 is 0 Å². The molecular weight excluding hydrogens is 204 g/mol. The Hall–Kier alpha value is -2.30. The van der Waals surface area contributed by atoms with E-state index in [-0.39, 0.29) is 0 Å². The molecule has 0 bridgehead atoms. The van der Waals surface area contributed by atoms with Crippen LogP contribution in [0.25, 0.3) is 17.5 Å². The Morgan fingerprint density at radius 3 is 2.69 bits per heavy atom. The van der Waals surface area contributed by atoms with E-state index < -0.39 is 0 Å². The van der Waals surface area contributed by atoms with Crippen LogP contribution in [0.15, 0.2) is 30.3 Å². The van der Waals surface area contributed by atoms with E-state index in [4.69, 9.17) is 0 Å². The number of hydrogen-bond donors (Lipinski definition) is 1. The predicted octanol–water partition coefficient (Wildman–Crippen LogP) is 1.47. The van der Waals surface area contributed by atoms with Crippen molar-refractivity contribution < 1.29 is 4.79 Å². The third kappa shape index (κ3) is 2.38. The van der Waals surface area contributed by atoms with Gasteiger partial charge in [0.05, 0.1) is 0 Å². The number of aromatic nitrogens is 4. The summed E-state index contributed by atoms with van der Waals surface area (Å²) in [4.78, 5) is 10.1. The maximum atomic E-state index is 10.1. The summed E-state index contributed by atoms with van der Waals surface area (Å²) < 4.78 is 0. The zero-order valence-corrected chi connectivity index (χ0v) is 8.50. The minimum atomic E-state index is 0.437. The van der Waals surface area contributed by atoms with Gasteiger partial charge in [-0.15, -0.1) is 10.2 Å². The Morgan fingerprint density at radius 2 is 2.06 bits per heavy atom. The lowest BCUT2D eigenvalue weighted by atomic mass is 10.1. The first-order chi connectivity index (χ1) is 7.90. The van der Waals surface area contributed by atoms with Crippen LogP contribution in [0, 0.1) is 0 Å². The van der Waals surface area contributed by atoms with Crippen molar-refractivity contribution in [1.82, 2.24) is 20.6 Å². The number of aldehydes is 1. The molecule has 0 saturated carbocycles. The average molecular weight is 214 g/mol. The van der Waals surface area contributed by atoms with Gasteiger partial charge in [0.2, 0.25) is 5.82 Å². The molecule has 2 aromatic rings. The summed E-state index contributed by atoms with van der Waals surface area (Å²) in [6.07, 6.45) is 5.02. The van der Waals surface area contributed by atoms with Gasteiger partial charge in [0, 0.05) is 12.0 Å². The number of hydrogen-bond acceptors (Lipinski definition) is 4. The zero-order valence-electron chi connectivity index (χ0n) is 8.50. The van der Waals surface area contributed by atoms with Crippen LogP contribution in [-0.4, -0.2) is 26.9 Å². The summed E-state index contributed by atoms with van der Waals surface area (Å²) in [5.74, 6) is 0.573. The monoisotopic (exact) mass is 214 g/mol. The summed E-state index contributed by atoms with van der Waals surface area (Å²) in [5.41, 5.74) is 1.94. The zero-order chi connectivity index (χ0) is 11.2. The Kier molecular flexibility index (Phi) is 3.18. The molecule has 0 spiro atoms. The summed E-state index contributed by atoms with van der Waals surface area (Å²) in [5, 5.41) is 13.7. The van der Waals surface area contributed by atoms with Crippen LogP contribution in [0.5, 0.6) is 0 Å². The highest BCUT2D eigenvalue weighted by Gasteiger charge is 2.00. The molecule has 0 radical (unpaired) electrons. The van der Waals surface area contributed by atoms with Crippen molar-refractivity contribution in [2.45, 2.75) is 6.42 Å². The second-order valence-corrected chi connectivity index (χ2v) is 3.16. The Labute approximate surface area is 92.2 Å². The van der Waals surface area contributed by atoms with Gasteiger partial charge in [-0.2, -0.15) is 5.21 Å². The van der Waals surface area contributed by atoms with Crippen LogP contribution in [0.4, 0.5) is 0 Å². The molecule has 0 saturated heterocycles. The minimum Gasteiger partial charge on any atom is -0.303 e. The van der Waals surface area contributed by atoms with Crippen molar-refractivity contribution >= 4 is 12.4 Å². The molecule has 0 unspecified atom stereocenters. The number of aromatic amines is 1. The quantitative estimate of drug-likeness (QED) is 0.782. The lowest BCUT2D eigenvalue weighted by Gasteiger charge is -1.95. The van der Waals surface area contributed by atoms with Crippen LogP contribution in [0.3, 0.4) is 0 Å². The van der Waals surface area contributed by atoms with E-state index in [9.17, 15) is 4.79 Å². The molecule has 16 heavy (non-hydrogen) atoms. The first-order valence-corrected chi connectivity index (χ1v) is 4.84. The maximum Gasteiger partial charge on any atom is 0.204 e. The number of nitrogens with zero attached hydrogens (tertiary/aromatic N) is 3. The Bertz CT molecular complexity index is 473. The lowest BCUT2D eigenvalue weighted by Crippen LogP contribution is -1.81. The van der Waals surface area contributed by atoms with Gasteiger partial charge < -0.3 is 4.79 Å². The smallest absolute Gasteiger partial charge is 0.204 e. The molecule has 0 aliphatic heterocycles. The molecule has 5 heteroatoms. The van der Waals surface area contributed by atoms with Gasteiger partial charge in [-0.3, -0.25) is 0 Å². The van der Waals surface area contributed by atoms with Crippen LogP contribution in [0.1, 0.15) is 12.0 Å². The first kappa shape index (κ1) is 10.2. The highest BCUT2D eigenvalue weighted by Crippen LogP contribution is 2.14. The fourth-order valence-electron chi connectivity index (χ4n) is 1.29. The number of carbonyl (C=O) groups excluding carboxylic acids is 1. The maximum absolute atomic E-state index is 10.1. The van der Waals surface area contributed by atoms with E-state index in [0.29, 0.717) is 12.2 Å². The number of carbonyl (C=O) groups is 1. The Balaban J connectivity index is 2.13. The molecular formula is C11H10N4O. The average Bonchev–Trinajstić information content (AvgIpc) is 2.84.